The van der Waals surface area contributed by atoms with Crippen molar-refractivity contribution in [1.29, 1.82) is 0 Å². The Morgan fingerprint density at radius 3 is 2.35 bits per heavy atom. The summed E-state index contributed by atoms with van der Waals surface area (Å²) >= 11 is 1.89. The third-order valence-corrected chi connectivity index (χ3v) is 6.63. The summed E-state index contributed by atoms with van der Waals surface area (Å²) in [5, 5.41) is 0. The maximum Gasteiger partial charge on any atom is 0.500 e. The van der Waals surface area contributed by atoms with Gasteiger partial charge in [0, 0.05) is 39.5 Å². The van der Waals surface area contributed by atoms with Gasteiger partial charge in [-0.05, 0) is 18.6 Å². The Bertz CT molecular complexity index is 249. The van der Waals surface area contributed by atoms with E-state index in [1.54, 1.807) is 14.2 Å². The van der Waals surface area contributed by atoms with Crippen LogP contribution >= 0.6 is 11.8 Å². The third kappa shape index (κ3) is 9.76. The van der Waals surface area contributed by atoms with E-state index in [0.717, 1.165) is 5.75 Å². The molecule has 0 aromatic rings. The molecule has 0 bridgehead atoms. The number of thioether (sulfide) groups is 1. The van der Waals surface area contributed by atoms with E-state index < -0.39 is 8.80 Å². The molecule has 0 radical (unpaired) electrons. The van der Waals surface area contributed by atoms with Crippen LogP contribution in [0.1, 0.15) is 33.1 Å². The highest BCUT2D eigenvalue weighted by Crippen LogP contribution is 2.17. The minimum absolute atomic E-state index is 0.264. The first kappa shape index (κ1) is 19.9. The summed E-state index contributed by atoms with van der Waals surface area (Å²) < 4.78 is 21.7. The lowest BCUT2D eigenvalue weighted by atomic mass is 10.4. The Hall–Kier alpha value is -0.0831. The topological polar surface area (TPSA) is 54.0 Å². The number of hydrogen-bond acceptors (Lipinski definition) is 6. The molecule has 0 atom stereocenters. The molecular formula is C13H28O5SSi. The van der Waals surface area contributed by atoms with Gasteiger partial charge in [-0.25, -0.2) is 0 Å². The fourth-order valence-electron chi connectivity index (χ4n) is 1.59. The van der Waals surface area contributed by atoms with E-state index in [2.05, 4.69) is 6.92 Å². The van der Waals surface area contributed by atoms with Crippen LogP contribution in [0.2, 0.25) is 6.04 Å². The van der Waals surface area contributed by atoms with Crippen molar-refractivity contribution < 1.29 is 22.8 Å². The summed E-state index contributed by atoms with van der Waals surface area (Å²) in [6, 6.07) is 0.660. The molecule has 0 saturated carbocycles. The number of ether oxygens (including phenoxy) is 1. The predicted molar refractivity (Wildman–Crippen MR) is 84.0 cm³/mol. The highest BCUT2D eigenvalue weighted by atomic mass is 32.2. The first-order valence-electron chi connectivity index (χ1n) is 7.05. The van der Waals surface area contributed by atoms with Gasteiger partial charge in [0.25, 0.3) is 0 Å². The van der Waals surface area contributed by atoms with Gasteiger partial charge < -0.3 is 18.0 Å². The van der Waals surface area contributed by atoms with Gasteiger partial charge in [0.2, 0.25) is 0 Å². The standard InChI is InChI=1S/C13H28O5SSi/c1-5-6-10-19-11-9-18-20(15-3,16-4)12-7-8-17-13(2)14/h5-12H2,1-4H3. The summed E-state index contributed by atoms with van der Waals surface area (Å²) in [5.74, 6) is 1.85. The molecule has 0 spiro atoms. The Morgan fingerprint density at radius 1 is 1.10 bits per heavy atom. The van der Waals surface area contributed by atoms with Crippen molar-refractivity contribution in [3.63, 3.8) is 0 Å². The molecule has 0 N–H and O–H groups in total. The molecule has 120 valence electrons. The van der Waals surface area contributed by atoms with Gasteiger partial charge in [0.15, 0.2) is 0 Å². The monoisotopic (exact) mass is 324 g/mol. The van der Waals surface area contributed by atoms with Crippen LogP contribution in [0.15, 0.2) is 0 Å². The van der Waals surface area contributed by atoms with Gasteiger partial charge in [-0.3, -0.25) is 4.79 Å². The van der Waals surface area contributed by atoms with Crippen LogP contribution in [0.3, 0.4) is 0 Å². The molecule has 0 rings (SSSR count). The zero-order valence-electron chi connectivity index (χ0n) is 13.1. The molecule has 0 unspecified atom stereocenters. The van der Waals surface area contributed by atoms with Crippen molar-refractivity contribution in [2.24, 2.45) is 0 Å². The molecule has 0 heterocycles. The summed E-state index contributed by atoms with van der Waals surface area (Å²) in [7, 11) is 0.645. The van der Waals surface area contributed by atoms with Gasteiger partial charge in [-0.15, -0.1) is 0 Å². The Morgan fingerprint density at radius 2 is 1.80 bits per heavy atom. The fourth-order valence-corrected chi connectivity index (χ4v) is 4.58. The molecule has 0 aromatic heterocycles. The van der Waals surface area contributed by atoms with Gasteiger partial charge in [0.1, 0.15) is 0 Å². The van der Waals surface area contributed by atoms with E-state index in [1.165, 1.54) is 25.5 Å². The average Bonchev–Trinajstić information content (AvgIpc) is 2.45. The summed E-state index contributed by atoms with van der Waals surface area (Å²) in [6.07, 6.45) is 3.15. The zero-order chi connectivity index (χ0) is 15.3. The SMILES string of the molecule is CCCCSCCO[Si](CCCOC(C)=O)(OC)OC. The number of unbranched alkanes of at least 4 members (excludes halogenated alkanes) is 1. The third-order valence-electron chi connectivity index (χ3n) is 2.75. The van der Waals surface area contributed by atoms with Crippen LogP contribution in [0, 0.1) is 0 Å². The van der Waals surface area contributed by atoms with Crippen LogP contribution in [0.5, 0.6) is 0 Å². The van der Waals surface area contributed by atoms with Crippen molar-refractivity contribution in [1.82, 2.24) is 0 Å². The summed E-state index contributed by atoms with van der Waals surface area (Å²) in [6.45, 7) is 4.61. The number of carbonyl (C=O) groups is 1. The fraction of sp³-hybridized carbons (Fsp3) is 0.923. The molecule has 0 aliphatic carbocycles. The minimum Gasteiger partial charge on any atom is -0.466 e. The Balaban J connectivity index is 3.89. The number of hydrogen-bond donors (Lipinski definition) is 0. The quantitative estimate of drug-likeness (QED) is 0.295. The highest BCUT2D eigenvalue weighted by molar-refractivity contribution is 7.99. The van der Waals surface area contributed by atoms with E-state index in [0.29, 0.717) is 25.7 Å². The van der Waals surface area contributed by atoms with Crippen LogP contribution in [-0.4, -0.2) is 53.7 Å². The van der Waals surface area contributed by atoms with E-state index in [-0.39, 0.29) is 5.97 Å². The first-order valence-corrected chi connectivity index (χ1v) is 10.1. The van der Waals surface area contributed by atoms with Crippen LogP contribution in [0.25, 0.3) is 0 Å². The van der Waals surface area contributed by atoms with E-state index in [1.807, 2.05) is 11.8 Å². The largest absolute Gasteiger partial charge is 0.500 e. The second-order valence-electron chi connectivity index (χ2n) is 4.35. The number of esters is 1. The highest BCUT2D eigenvalue weighted by Gasteiger charge is 2.38. The molecular weight excluding hydrogens is 296 g/mol. The van der Waals surface area contributed by atoms with Gasteiger partial charge in [0.05, 0.1) is 6.61 Å². The number of carbonyl (C=O) groups excluding carboxylic acids is 1. The number of rotatable bonds is 13. The van der Waals surface area contributed by atoms with Crippen LogP contribution in [-0.2, 0) is 22.8 Å². The van der Waals surface area contributed by atoms with E-state index >= 15 is 0 Å². The van der Waals surface area contributed by atoms with Crippen molar-refractivity contribution in [2.45, 2.75) is 39.2 Å². The second-order valence-corrected chi connectivity index (χ2v) is 8.55. The molecule has 0 aliphatic heterocycles. The first-order chi connectivity index (χ1) is 9.60. The van der Waals surface area contributed by atoms with Gasteiger partial charge in [-0.2, -0.15) is 11.8 Å². The van der Waals surface area contributed by atoms with Gasteiger partial charge in [-0.1, -0.05) is 13.3 Å². The average molecular weight is 325 g/mol. The molecule has 7 heteroatoms. The summed E-state index contributed by atoms with van der Waals surface area (Å²) in [5.41, 5.74) is 0. The van der Waals surface area contributed by atoms with Crippen molar-refractivity contribution in [3.8, 4) is 0 Å². The molecule has 0 amide bonds. The second kappa shape index (κ2) is 12.6. The molecule has 0 saturated heterocycles. The van der Waals surface area contributed by atoms with E-state index in [4.69, 9.17) is 18.0 Å². The lowest BCUT2D eigenvalue weighted by Gasteiger charge is -2.26. The Kier molecular flexibility index (Phi) is 12.6. The molecule has 5 nitrogen and oxygen atoms in total. The van der Waals surface area contributed by atoms with Crippen molar-refractivity contribution in [2.75, 3.05) is 38.9 Å². The maximum atomic E-state index is 10.7. The molecule has 0 fully saturated rings. The predicted octanol–water partition coefficient (Wildman–Crippen LogP) is 2.72. The molecule has 0 aliphatic rings. The van der Waals surface area contributed by atoms with Crippen molar-refractivity contribution >= 4 is 26.5 Å². The lowest BCUT2D eigenvalue weighted by molar-refractivity contribution is -0.141. The smallest absolute Gasteiger partial charge is 0.466 e. The molecule has 20 heavy (non-hydrogen) atoms. The molecule has 0 aromatic carbocycles. The zero-order valence-corrected chi connectivity index (χ0v) is 14.9. The normalized spacial score (nSPS) is 11.6. The van der Waals surface area contributed by atoms with E-state index in [9.17, 15) is 4.79 Å². The minimum atomic E-state index is -2.59. The van der Waals surface area contributed by atoms with Crippen molar-refractivity contribution in [3.05, 3.63) is 0 Å². The maximum absolute atomic E-state index is 10.7. The van der Waals surface area contributed by atoms with Gasteiger partial charge >= 0.3 is 14.8 Å². The lowest BCUT2D eigenvalue weighted by Crippen LogP contribution is -2.44. The van der Waals surface area contributed by atoms with Crippen LogP contribution in [0.4, 0.5) is 0 Å². The Labute approximate surface area is 128 Å². The summed E-state index contributed by atoms with van der Waals surface area (Å²) in [4.78, 5) is 10.7. The van der Waals surface area contributed by atoms with Crippen LogP contribution < -0.4 is 0 Å².